The third-order valence-corrected chi connectivity index (χ3v) is 5.79. The summed E-state index contributed by atoms with van der Waals surface area (Å²) in [5, 5.41) is 5.98. The molecule has 1 aromatic heterocycles. The van der Waals surface area contributed by atoms with Crippen molar-refractivity contribution in [2.45, 2.75) is 13.8 Å². The van der Waals surface area contributed by atoms with Gasteiger partial charge in [0.2, 0.25) is 0 Å². The number of benzene rings is 2. The Morgan fingerprint density at radius 2 is 1.70 bits per heavy atom. The Hall–Kier alpha value is -3.39. The lowest BCUT2D eigenvalue weighted by molar-refractivity contribution is -0.124. The molecule has 7 nitrogen and oxygen atoms in total. The molecule has 0 saturated carbocycles. The van der Waals surface area contributed by atoms with E-state index in [9.17, 15) is 9.59 Å². The van der Waals surface area contributed by atoms with Crippen molar-refractivity contribution in [3.63, 3.8) is 0 Å². The maximum absolute atomic E-state index is 13.1. The predicted molar refractivity (Wildman–Crippen MR) is 121 cm³/mol. The Morgan fingerprint density at radius 1 is 1.00 bits per heavy atom. The molecule has 1 fully saturated rings. The van der Waals surface area contributed by atoms with Crippen LogP contribution in [0, 0.1) is 13.8 Å². The molecule has 4 rings (SSSR count). The third-order valence-electron chi connectivity index (χ3n) is 4.87. The van der Waals surface area contributed by atoms with Crippen LogP contribution >= 0.6 is 11.8 Å². The molecule has 8 heteroatoms. The van der Waals surface area contributed by atoms with Crippen LogP contribution in [-0.2, 0) is 11.8 Å². The van der Waals surface area contributed by atoms with E-state index in [2.05, 4.69) is 10.1 Å². The second-order valence-corrected chi connectivity index (χ2v) is 7.90. The van der Waals surface area contributed by atoms with Gasteiger partial charge in [-0.1, -0.05) is 59.8 Å². The van der Waals surface area contributed by atoms with Gasteiger partial charge < -0.3 is 0 Å². The highest BCUT2D eigenvalue weighted by atomic mass is 32.2. The molecule has 0 atom stereocenters. The number of thioether (sulfide) groups is 1. The molecule has 1 aliphatic rings. The first-order valence-electron chi connectivity index (χ1n) is 9.45. The molecule has 3 aromatic rings. The van der Waals surface area contributed by atoms with Gasteiger partial charge in [-0.25, -0.2) is 9.67 Å². The molecule has 0 unspecified atom stereocenters. The zero-order valence-electron chi connectivity index (χ0n) is 16.9. The Balaban J connectivity index is 1.71. The van der Waals surface area contributed by atoms with Gasteiger partial charge in [-0.3, -0.25) is 14.3 Å². The van der Waals surface area contributed by atoms with Gasteiger partial charge in [0, 0.05) is 7.05 Å². The van der Waals surface area contributed by atoms with Gasteiger partial charge >= 0.3 is 0 Å². The fourth-order valence-corrected chi connectivity index (χ4v) is 3.91. The standard InChI is InChI=1S/C22H21N5O2S/c1-15-9-11-17(12-10-15)13-23-26-19(28)14-30-22(26)24-20-16(2)25(3)27(21(20)29)18-7-5-4-6-8-18/h4-13H,14H2,1-3H3. The largest absolute Gasteiger partial charge is 0.297 e. The first kappa shape index (κ1) is 19.9. The number of amidine groups is 1. The first-order chi connectivity index (χ1) is 14.5. The molecule has 1 aliphatic heterocycles. The number of aromatic nitrogens is 2. The van der Waals surface area contributed by atoms with Crippen molar-refractivity contribution >= 4 is 34.7 Å². The molecule has 2 heterocycles. The number of carbonyl (C=O) groups excluding carboxylic acids is 1. The topological polar surface area (TPSA) is 72.0 Å². The molecule has 0 radical (unpaired) electrons. The SMILES string of the molecule is Cc1ccc(C=NN2C(=O)CSC2=Nc2c(C)n(C)n(-c3ccccc3)c2=O)cc1. The van der Waals surface area contributed by atoms with E-state index < -0.39 is 0 Å². The summed E-state index contributed by atoms with van der Waals surface area (Å²) >= 11 is 1.27. The number of aliphatic imine (C=N–C) groups is 1. The predicted octanol–water partition coefficient (Wildman–Crippen LogP) is 3.39. The number of para-hydroxylation sites is 1. The van der Waals surface area contributed by atoms with E-state index in [4.69, 9.17) is 0 Å². The highest BCUT2D eigenvalue weighted by Crippen LogP contribution is 2.25. The van der Waals surface area contributed by atoms with E-state index in [1.54, 1.807) is 15.6 Å². The van der Waals surface area contributed by atoms with Crippen LogP contribution < -0.4 is 5.56 Å². The van der Waals surface area contributed by atoms with Gasteiger partial charge in [-0.15, -0.1) is 0 Å². The fraction of sp³-hybridized carbons (Fsp3) is 0.182. The first-order valence-corrected chi connectivity index (χ1v) is 10.4. The second-order valence-electron chi connectivity index (χ2n) is 6.95. The molecule has 0 N–H and O–H groups in total. The quantitative estimate of drug-likeness (QED) is 0.609. The lowest BCUT2D eigenvalue weighted by Crippen LogP contribution is -2.24. The van der Waals surface area contributed by atoms with Crippen molar-refractivity contribution in [1.29, 1.82) is 0 Å². The third kappa shape index (κ3) is 3.73. The average molecular weight is 420 g/mol. The molecule has 1 amide bonds. The second kappa shape index (κ2) is 8.16. The van der Waals surface area contributed by atoms with Gasteiger partial charge in [0.05, 0.1) is 23.3 Å². The summed E-state index contributed by atoms with van der Waals surface area (Å²) in [5.74, 6) is 0.0714. The molecule has 0 bridgehead atoms. The number of amides is 1. The van der Waals surface area contributed by atoms with E-state index in [1.807, 2.05) is 75.5 Å². The minimum Gasteiger partial charge on any atom is -0.283 e. The lowest BCUT2D eigenvalue weighted by atomic mass is 10.2. The average Bonchev–Trinajstić information content (AvgIpc) is 3.20. The number of hydrazone groups is 1. The van der Waals surface area contributed by atoms with Crippen LogP contribution in [0.15, 0.2) is 69.5 Å². The normalized spacial score (nSPS) is 15.6. The monoisotopic (exact) mass is 419 g/mol. The number of carbonyl (C=O) groups is 1. The van der Waals surface area contributed by atoms with Crippen LogP contribution in [0.25, 0.3) is 5.69 Å². The minimum atomic E-state index is -0.240. The highest BCUT2D eigenvalue weighted by molar-refractivity contribution is 8.15. The van der Waals surface area contributed by atoms with E-state index in [1.165, 1.54) is 16.8 Å². The van der Waals surface area contributed by atoms with Gasteiger partial charge in [0.1, 0.15) is 0 Å². The summed E-state index contributed by atoms with van der Waals surface area (Å²) in [6, 6.07) is 17.2. The van der Waals surface area contributed by atoms with Crippen LogP contribution in [0.5, 0.6) is 0 Å². The number of hydrogen-bond donors (Lipinski definition) is 0. The molecule has 0 spiro atoms. The van der Waals surface area contributed by atoms with E-state index in [-0.39, 0.29) is 17.2 Å². The van der Waals surface area contributed by atoms with Gasteiger partial charge in [-0.05, 0) is 31.5 Å². The smallest absolute Gasteiger partial charge is 0.283 e. The Morgan fingerprint density at radius 3 is 2.40 bits per heavy atom. The summed E-state index contributed by atoms with van der Waals surface area (Å²) in [7, 11) is 1.81. The van der Waals surface area contributed by atoms with Gasteiger partial charge in [-0.2, -0.15) is 10.1 Å². The van der Waals surface area contributed by atoms with Crippen molar-refractivity contribution in [1.82, 2.24) is 14.4 Å². The number of rotatable bonds is 4. The maximum atomic E-state index is 13.1. The lowest BCUT2D eigenvalue weighted by Gasteiger charge is -2.08. The summed E-state index contributed by atoms with van der Waals surface area (Å²) in [4.78, 5) is 30.0. The summed E-state index contributed by atoms with van der Waals surface area (Å²) < 4.78 is 3.33. The summed E-state index contributed by atoms with van der Waals surface area (Å²) in [6.07, 6.45) is 1.62. The number of aryl methyl sites for hydroxylation is 1. The molecule has 152 valence electrons. The van der Waals surface area contributed by atoms with Crippen molar-refractivity contribution < 1.29 is 4.79 Å². The summed E-state index contributed by atoms with van der Waals surface area (Å²) in [5.41, 5.74) is 3.55. The fourth-order valence-electron chi connectivity index (χ4n) is 3.10. The van der Waals surface area contributed by atoms with Crippen molar-refractivity contribution in [3.8, 4) is 5.69 Å². The van der Waals surface area contributed by atoms with Crippen LogP contribution in [0.2, 0.25) is 0 Å². The van der Waals surface area contributed by atoms with Gasteiger partial charge in [0.15, 0.2) is 10.9 Å². The zero-order chi connectivity index (χ0) is 21.3. The van der Waals surface area contributed by atoms with Crippen molar-refractivity contribution in [2.24, 2.45) is 17.1 Å². The van der Waals surface area contributed by atoms with Gasteiger partial charge in [0.25, 0.3) is 11.5 Å². The van der Waals surface area contributed by atoms with E-state index >= 15 is 0 Å². The molecule has 30 heavy (non-hydrogen) atoms. The van der Waals surface area contributed by atoms with Crippen molar-refractivity contribution in [2.75, 3.05) is 5.75 Å². The molecular formula is C22H21N5O2S. The Kier molecular flexibility index (Phi) is 5.41. The Bertz CT molecular complexity index is 1210. The van der Waals surface area contributed by atoms with Crippen molar-refractivity contribution in [3.05, 3.63) is 81.8 Å². The highest BCUT2D eigenvalue weighted by Gasteiger charge is 2.29. The molecule has 0 aliphatic carbocycles. The molecule has 2 aromatic carbocycles. The molecular weight excluding hydrogens is 398 g/mol. The van der Waals surface area contributed by atoms with Crippen LogP contribution in [0.3, 0.4) is 0 Å². The summed E-state index contributed by atoms with van der Waals surface area (Å²) in [6.45, 7) is 3.85. The molecule has 1 saturated heterocycles. The number of hydrogen-bond acceptors (Lipinski definition) is 5. The maximum Gasteiger partial charge on any atom is 0.297 e. The Labute approximate surface area is 178 Å². The van der Waals surface area contributed by atoms with Crippen LogP contribution in [-0.4, -0.2) is 37.4 Å². The minimum absolute atomic E-state index is 0.168. The van der Waals surface area contributed by atoms with Crippen LogP contribution in [0.4, 0.5) is 5.69 Å². The number of nitrogens with zero attached hydrogens (tertiary/aromatic N) is 5. The van der Waals surface area contributed by atoms with E-state index in [0.717, 1.165) is 16.8 Å². The van der Waals surface area contributed by atoms with E-state index in [0.29, 0.717) is 16.5 Å². The van der Waals surface area contributed by atoms with Crippen LogP contribution in [0.1, 0.15) is 16.8 Å². The zero-order valence-corrected chi connectivity index (χ0v) is 17.8.